The Morgan fingerprint density at radius 2 is 2.11 bits per heavy atom. The molecule has 1 heterocycles. The number of nitrogens with one attached hydrogen (secondary N) is 1. The summed E-state index contributed by atoms with van der Waals surface area (Å²) in [5.41, 5.74) is 1.01. The second-order valence-electron chi connectivity index (χ2n) is 4.62. The Morgan fingerprint density at radius 3 is 2.72 bits per heavy atom. The summed E-state index contributed by atoms with van der Waals surface area (Å²) < 4.78 is 12.7. The van der Waals surface area contributed by atoms with E-state index >= 15 is 0 Å². The molecule has 0 aliphatic heterocycles. The van der Waals surface area contributed by atoms with Crippen LogP contribution in [-0.4, -0.2) is 42.5 Å². The highest BCUT2D eigenvalue weighted by Crippen LogP contribution is 2.17. The van der Waals surface area contributed by atoms with Crippen LogP contribution in [0.15, 0.2) is 6.20 Å². The van der Waals surface area contributed by atoms with Crippen molar-refractivity contribution < 1.29 is 9.47 Å². The van der Waals surface area contributed by atoms with Gasteiger partial charge in [0.25, 0.3) is 0 Å². The molecule has 18 heavy (non-hydrogen) atoms. The third kappa shape index (κ3) is 4.31. The standard InChI is InChI=1S/C13H25N3O2/c1-6-18-9-12(4)16-7-10(2)14-13(16)15-11(3)8-17-5/h7,11-12H,6,8-9H2,1-5H3,(H,14,15). The van der Waals surface area contributed by atoms with Gasteiger partial charge in [0.05, 0.1) is 24.9 Å². The van der Waals surface area contributed by atoms with Crippen LogP contribution in [0.4, 0.5) is 5.95 Å². The lowest BCUT2D eigenvalue weighted by molar-refractivity contribution is 0.119. The first kappa shape index (κ1) is 15.0. The predicted octanol–water partition coefficient (Wildman–Crippen LogP) is 2.24. The molecule has 1 aromatic heterocycles. The summed E-state index contributed by atoms with van der Waals surface area (Å²) in [4.78, 5) is 4.50. The van der Waals surface area contributed by atoms with Gasteiger partial charge in [-0.05, 0) is 27.7 Å². The lowest BCUT2D eigenvalue weighted by Gasteiger charge is -2.19. The van der Waals surface area contributed by atoms with Crippen LogP contribution in [-0.2, 0) is 9.47 Å². The molecule has 0 saturated heterocycles. The number of ether oxygens (including phenoxy) is 2. The number of anilines is 1. The highest BCUT2D eigenvalue weighted by Gasteiger charge is 2.13. The van der Waals surface area contributed by atoms with Crippen molar-refractivity contribution in [2.45, 2.75) is 39.8 Å². The molecule has 0 radical (unpaired) electrons. The van der Waals surface area contributed by atoms with Gasteiger partial charge in [-0.25, -0.2) is 4.98 Å². The highest BCUT2D eigenvalue weighted by molar-refractivity contribution is 5.30. The van der Waals surface area contributed by atoms with Crippen LogP contribution in [0.1, 0.15) is 32.5 Å². The van der Waals surface area contributed by atoms with E-state index in [9.17, 15) is 0 Å². The van der Waals surface area contributed by atoms with Gasteiger partial charge in [0.15, 0.2) is 0 Å². The van der Waals surface area contributed by atoms with Gasteiger partial charge >= 0.3 is 0 Å². The molecule has 0 spiro atoms. The van der Waals surface area contributed by atoms with Crippen LogP contribution >= 0.6 is 0 Å². The zero-order valence-electron chi connectivity index (χ0n) is 12.1. The molecule has 5 heteroatoms. The quantitative estimate of drug-likeness (QED) is 0.774. The minimum Gasteiger partial charge on any atom is -0.383 e. The maximum Gasteiger partial charge on any atom is 0.203 e. The van der Waals surface area contributed by atoms with Crippen molar-refractivity contribution in [3.05, 3.63) is 11.9 Å². The minimum atomic E-state index is 0.231. The van der Waals surface area contributed by atoms with Crippen LogP contribution in [0, 0.1) is 6.92 Å². The molecule has 0 amide bonds. The zero-order chi connectivity index (χ0) is 13.5. The van der Waals surface area contributed by atoms with Gasteiger partial charge in [-0.2, -0.15) is 0 Å². The SMILES string of the molecule is CCOCC(C)n1cc(C)nc1NC(C)COC. The van der Waals surface area contributed by atoms with Gasteiger partial charge in [0, 0.05) is 26.0 Å². The normalized spacial score (nSPS) is 14.5. The van der Waals surface area contributed by atoms with Gasteiger partial charge < -0.3 is 19.4 Å². The molecule has 1 rings (SSSR count). The molecule has 0 aromatic carbocycles. The van der Waals surface area contributed by atoms with E-state index in [0.29, 0.717) is 13.2 Å². The predicted molar refractivity (Wildman–Crippen MR) is 73.1 cm³/mol. The largest absolute Gasteiger partial charge is 0.383 e. The van der Waals surface area contributed by atoms with Crippen LogP contribution < -0.4 is 5.32 Å². The molecule has 0 aliphatic carbocycles. The van der Waals surface area contributed by atoms with Crippen LogP contribution in [0.3, 0.4) is 0 Å². The lowest BCUT2D eigenvalue weighted by Crippen LogP contribution is -2.24. The van der Waals surface area contributed by atoms with Crippen molar-refractivity contribution in [1.82, 2.24) is 9.55 Å². The molecule has 0 bridgehead atoms. The Balaban J connectivity index is 2.72. The number of aromatic nitrogens is 2. The first-order valence-electron chi connectivity index (χ1n) is 6.47. The van der Waals surface area contributed by atoms with Gasteiger partial charge in [-0.15, -0.1) is 0 Å². The van der Waals surface area contributed by atoms with E-state index < -0.39 is 0 Å². The van der Waals surface area contributed by atoms with Crippen molar-refractivity contribution in [1.29, 1.82) is 0 Å². The van der Waals surface area contributed by atoms with Crippen molar-refractivity contribution in [3.8, 4) is 0 Å². The number of hydrogen-bond donors (Lipinski definition) is 1. The van der Waals surface area contributed by atoms with Crippen molar-refractivity contribution >= 4 is 5.95 Å². The number of aryl methyl sites for hydroxylation is 1. The van der Waals surface area contributed by atoms with Crippen LogP contribution in [0.5, 0.6) is 0 Å². The molecule has 104 valence electrons. The number of nitrogens with zero attached hydrogens (tertiary/aromatic N) is 2. The average molecular weight is 255 g/mol. The lowest BCUT2D eigenvalue weighted by atomic mass is 10.3. The average Bonchev–Trinajstić information content (AvgIpc) is 2.67. The third-order valence-electron chi connectivity index (χ3n) is 2.68. The van der Waals surface area contributed by atoms with E-state index in [4.69, 9.17) is 9.47 Å². The maximum absolute atomic E-state index is 5.47. The van der Waals surface area contributed by atoms with E-state index in [2.05, 4.69) is 28.7 Å². The van der Waals surface area contributed by atoms with E-state index in [1.54, 1.807) is 7.11 Å². The van der Waals surface area contributed by atoms with E-state index in [1.807, 2.05) is 20.0 Å². The van der Waals surface area contributed by atoms with Crippen molar-refractivity contribution in [2.75, 3.05) is 32.2 Å². The first-order chi connectivity index (χ1) is 8.58. The second-order valence-corrected chi connectivity index (χ2v) is 4.62. The molecule has 2 unspecified atom stereocenters. The maximum atomic E-state index is 5.47. The summed E-state index contributed by atoms with van der Waals surface area (Å²) >= 11 is 0. The molecule has 1 aromatic rings. The fraction of sp³-hybridized carbons (Fsp3) is 0.769. The number of rotatable bonds is 8. The topological polar surface area (TPSA) is 48.3 Å². The summed E-state index contributed by atoms with van der Waals surface area (Å²) in [5.74, 6) is 0.879. The fourth-order valence-corrected chi connectivity index (χ4v) is 1.84. The Hall–Kier alpha value is -1.07. The van der Waals surface area contributed by atoms with E-state index in [1.165, 1.54) is 0 Å². The Morgan fingerprint density at radius 1 is 1.39 bits per heavy atom. The van der Waals surface area contributed by atoms with Gasteiger partial charge in [-0.3, -0.25) is 0 Å². The molecule has 0 fully saturated rings. The zero-order valence-corrected chi connectivity index (χ0v) is 12.1. The highest BCUT2D eigenvalue weighted by atomic mass is 16.5. The number of methoxy groups -OCH3 is 1. The molecule has 0 aliphatic rings. The summed E-state index contributed by atoms with van der Waals surface area (Å²) in [5, 5.41) is 3.36. The van der Waals surface area contributed by atoms with E-state index in [0.717, 1.165) is 18.2 Å². The van der Waals surface area contributed by atoms with Crippen molar-refractivity contribution in [2.24, 2.45) is 0 Å². The summed E-state index contributed by atoms with van der Waals surface area (Å²) in [6.07, 6.45) is 2.05. The molecule has 2 atom stereocenters. The summed E-state index contributed by atoms with van der Waals surface area (Å²) in [6, 6.07) is 0.498. The van der Waals surface area contributed by atoms with E-state index in [-0.39, 0.29) is 12.1 Å². The molecule has 1 N–H and O–H groups in total. The first-order valence-corrected chi connectivity index (χ1v) is 6.47. The Labute approximate surface area is 109 Å². The Kier molecular flexibility index (Phi) is 6.15. The van der Waals surface area contributed by atoms with Crippen molar-refractivity contribution in [3.63, 3.8) is 0 Å². The fourth-order valence-electron chi connectivity index (χ4n) is 1.84. The summed E-state index contributed by atoms with van der Waals surface area (Å²) in [7, 11) is 1.70. The molecular weight excluding hydrogens is 230 g/mol. The van der Waals surface area contributed by atoms with Gasteiger partial charge in [-0.1, -0.05) is 0 Å². The minimum absolute atomic E-state index is 0.231. The molecular formula is C13H25N3O2. The smallest absolute Gasteiger partial charge is 0.203 e. The molecule has 0 saturated carbocycles. The van der Waals surface area contributed by atoms with Gasteiger partial charge in [0.2, 0.25) is 5.95 Å². The van der Waals surface area contributed by atoms with Crippen LogP contribution in [0.25, 0.3) is 0 Å². The number of imidazole rings is 1. The summed E-state index contributed by atoms with van der Waals surface area (Å²) in [6.45, 7) is 10.3. The third-order valence-corrected chi connectivity index (χ3v) is 2.68. The Bertz CT molecular complexity index is 352. The van der Waals surface area contributed by atoms with Crippen LogP contribution in [0.2, 0.25) is 0 Å². The number of hydrogen-bond acceptors (Lipinski definition) is 4. The second kappa shape index (κ2) is 7.38. The monoisotopic (exact) mass is 255 g/mol. The van der Waals surface area contributed by atoms with Gasteiger partial charge in [0.1, 0.15) is 0 Å². The molecule has 5 nitrogen and oxygen atoms in total.